The predicted octanol–water partition coefficient (Wildman–Crippen LogP) is 8.66. The highest BCUT2D eigenvalue weighted by Crippen LogP contribution is 2.51. The van der Waals surface area contributed by atoms with Crippen LogP contribution in [0.15, 0.2) is 115 Å². The number of benzene rings is 5. The van der Waals surface area contributed by atoms with E-state index in [4.69, 9.17) is 9.31 Å². The number of hydrogen-bond acceptors (Lipinski definition) is 2. The van der Waals surface area contributed by atoms with Crippen molar-refractivity contribution in [1.29, 1.82) is 0 Å². The molecule has 5 aliphatic rings. The minimum absolute atomic E-state index is 0.250. The molecule has 2 aliphatic heterocycles. The van der Waals surface area contributed by atoms with Crippen LogP contribution in [0.4, 0.5) is 0 Å². The molecule has 49 heavy (non-hydrogen) atoms. The topological polar surface area (TPSA) is 23.4 Å². The van der Waals surface area contributed by atoms with Crippen LogP contribution in [0.5, 0.6) is 0 Å². The molecule has 10 rings (SSSR count). The maximum Gasteiger partial charge on any atom is 0.496 e. The monoisotopic (exact) mass is 635 g/mol. The summed E-state index contributed by atoms with van der Waals surface area (Å²) in [7, 11) is -0.467. The Kier molecular flexibility index (Phi) is 5.71. The van der Waals surface area contributed by atoms with Gasteiger partial charge in [0, 0.05) is 29.1 Å². The summed E-state index contributed by atoms with van der Waals surface area (Å²) in [5.74, 6) is 0. The molecule has 1 saturated heterocycles. The van der Waals surface area contributed by atoms with Crippen LogP contribution >= 0.6 is 0 Å². The molecular formula is C45H38BNO2. The van der Waals surface area contributed by atoms with Gasteiger partial charge in [0.15, 0.2) is 0 Å². The number of nitrogens with zero attached hydrogens (tertiary/aromatic N) is 1. The molecule has 3 aliphatic carbocycles. The number of aromatic nitrogens is 1. The van der Waals surface area contributed by atoms with Gasteiger partial charge in [0.1, 0.15) is 0 Å². The second kappa shape index (κ2) is 9.62. The summed E-state index contributed by atoms with van der Waals surface area (Å²) < 4.78 is 15.9. The van der Waals surface area contributed by atoms with Crippen LogP contribution in [-0.2, 0) is 14.7 Å². The van der Waals surface area contributed by atoms with E-state index in [1.165, 1.54) is 76.2 Å². The summed E-state index contributed by atoms with van der Waals surface area (Å²) in [6.07, 6.45) is 9.31. The van der Waals surface area contributed by atoms with Crippen LogP contribution in [0, 0.1) is 0 Å². The number of fused-ring (bicyclic) bond motifs is 11. The average molecular weight is 636 g/mol. The Morgan fingerprint density at radius 3 is 1.86 bits per heavy atom. The van der Waals surface area contributed by atoms with Crippen LogP contribution in [0.1, 0.15) is 52.7 Å². The van der Waals surface area contributed by atoms with E-state index in [0.717, 1.165) is 11.2 Å². The molecule has 0 atom stereocenters. The molecule has 0 spiro atoms. The maximum absolute atomic E-state index is 6.79. The highest BCUT2D eigenvalue weighted by atomic mass is 16.7. The minimum atomic E-state index is -0.467. The quantitative estimate of drug-likeness (QED) is 0.140. The number of pyridine rings is 1. The van der Waals surface area contributed by atoms with Crippen molar-refractivity contribution in [3.05, 3.63) is 137 Å². The van der Waals surface area contributed by atoms with Crippen LogP contribution in [0.3, 0.4) is 0 Å². The Balaban J connectivity index is 1.24. The van der Waals surface area contributed by atoms with Gasteiger partial charge in [-0.05, 0) is 134 Å². The van der Waals surface area contributed by atoms with Gasteiger partial charge in [-0.3, -0.25) is 0 Å². The highest BCUT2D eigenvalue weighted by Gasteiger charge is 2.54. The van der Waals surface area contributed by atoms with Crippen molar-refractivity contribution in [2.45, 2.75) is 58.2 Å². The Bertz CT molecular complexity index is 2660. The van der Waals surface area contributed by atoms with Crippen molar-refractivity contribution < 1.29 is 9.31 Å². The summed E-state index contributed by atoms with van der Waals surface area (Å²) in [5, 5.41) is 10.3. The third-order valence-corrected chi connectivity index (χ3v) is 12.0. The first-order chi connectivity index (χ1) is 23.5. The smallest absolute Gasteiger partial charge is 0.399 e. The van der Waals surface area contributed by atoms with Crippen molar-refractivity contribution >= 4 is 62.6 Å². The van der Waals surface area contributed by atoms with E-state index in [9.17, 15) is 0 Å². The largest absolute Gasteiger partial charge is 0.496 e. The summed E-state index contributed by atoms with van der Waals surface area (Å²) >= 11 is 0. The summed E-state index contributed by atoms with van der Waals surface area (Å²) in [5.41, 5.74) is 8.82. The van der Waals surface area contributed by atoms with Gasteiger partial charge in [-0.25, -0.2) is 0 Å². The van der Waals surface area contributed by atoms with Crippen molar-refractivity contribution in [2.75, 3.05) is 0 Å². The molecule has 0 bridgehead atoms. The fraction of sp³-hybridized carbons (Fsp3) is 0.200. The van der Waals surface area contributed by atoms with Gasteiger partial charge in [-0.15, -0.1) is 0 Å². The van der Waals surface area contributed by atoms with E-state index in [1.54, 1.807) is 0 Å². The molecule has 4 heteroatoms. The predicted molar refractivity (Wildman–Crippen MR) is 205 cm³/mol. The Hall–Kier alpha value is -4.90. The zero-order valence-corrected chi connectivity index (χ0v) is 28.9. The molecule has 3 nitrogen and oxygen atoms in total. The van der Waals surface area contributed by atoms with E-state index in [-0.39, 0.29) is 5.41 Å². The average Bonchev–Trinajstić information content (AvgIpc) is 3.70. The molecule has 2 heterocycles. The lowest BCUT2D eigenvalue weighted by atomic mass is 9.67. The molecule has 0 N–H and O–H groups in total. The number of allylic oxidation sites excluding steroid dienone is 1. The first-order valence-corrected chi connectivity index (χ1v) is 17.4. The molecule has 0 radical (unpaired) electrons. The van der Waals surface area contributed by atoms with E-state index < -0.39 is 18.3 Å². The molecule has 0 amide bonds. The van der Waals surface area contributed by atoms with Gasteiger partial charge in [0.25, 0.3) is 0 Å². The minimum Gasteiger partial charge on any atom is -0.399 e. The summed E-state index contributed by atoms with van der Waals surface area (Å²) in [6.45, 7) is 13.3. The number of rotatable bonds is 2. The SMILES string of the molecule is CC1(C)C2=c3ccccc3=CC2=Cc2c(B3OC(C)(C)C(C)(C)O3)c3ccn(-c4ccc5c6ccccc6c6ccccc6c5c4)cc-3c21. The molecular weight excluding hydrogens is 597 g/mol. The summed E-state index contributed by atoms with van der Waals surface area (Å²) in [6, 6.07) is 35.6. The van der Waals surface area contributed by atoms with E-state index in [1.807, 2.05) is 0 Å². The third kappa shape index (κ3) is 3.87. The van der Waals surface area contributed by atoms with Gasteiger partial charge >= 0.3 is 7.12 Å². The fourth-order valence-corrected chi connectivity index (χ4v) is 8.95. The highest BCUT2D eigenvalue weighted by molar-refractivity contribution is 6.65. The van der Waals surface area contributed by atoms with Gasteiger partial charge < -0.3 is 13.9 Å². The second-order valence-electron chi connectivity index (χ2n) is 15.6. The standard InChI is InChI=1S/C45H38BNO2/c1-43(2)40-28(23-27-13-7-8-14-30(27)40)24-38-41(43)39-26-47(22-21-36(39)42(38)46-48-44(3,4)45(5,6)49-46)29-19-20-35-33-17-10-9-15-31(33)32-16-11-12-18-34(32)37(35)25-29/h7-26H,1-6H3. The van der Waals surface area contributed by atoms with Crippen LogP contribution in [-0.4, -0.2) is 22.9 Å². The second-order valence-corrected chi connectivity index (χ2v) is 15.6. The van der Waals surface area contributed by atoms with Gasteiger partial charge in [0.05, 0.1) is 11.2 Å². The third-order valence-electron chi connectivity index (χ3n) is 12.0. The van der Waals surface area contributed by atoms with Crippen molar-refractivity contribution in [3.63, 3.8) is 0 Å². The van der Waals surface area contributed by atoms with Crippen molar-refractivity contribution in [3.8, 4) is 16.8 Å². The summed E-state index contributed by atoms with van der Waals surface area (Å²) in [4.78, 5) is 0. The first-order valence-electron chi connectivity index (χ1n) is 17.4. The zero-order valence-electron chi connectivity index (χ0n) is 28.9. The van der Waals surface area contributed by atoms with Crippen molar-refractivity contribution in [2.24, 2.45) is 0 Å². The van der Waals surface area contributed by atoms with Crippen LogP contribution in [0.2, 0.25) is 0 Å². The number of hydrogen-bond donors (Lipinski definition) is 0. The molecule has 0 unspecified atom stereocenters. The normalized spacial score (nSPS) is 18.5. The Morgan fingerprint density at radius 1 is 0.592 bits per heavy atom. The lowest BCUT2D eigenvalue weighted by Crippen LogP contribution is -2.41. The Morgan fingerprint density at radius 2 is 1.18 bits per heavy atom. The van der Waals surface area contributed by atoms with E-state index in [0.29, 0.717) is 0 Å². The van der Waals surface area contributed by atoms with Crippen LogP contribution in [0.25, 0.3) is 66.9 Å². The molecule has 0 saturated carbocycles. The van der Waals surface area contributed by atoms with E-state index in [2.05, 4.69) is 168 Å². The fourth-order valence-electron chi connectivity index (χ4n) is 8.95. The van der Waals surface area contributed by atoms with Gasteiger partial charge in [0.2, 0.25) is 0 Å². The Labute approximate surface area is 287 Å². The van der Waals surface area contributed by atoms with Gasteiger partial charge in [-0.2, -0.15) is 0 Å². The van der Waals surface area contributed by atoms with E-state index >= 15 is 0 Å². The van der Waals surface area contributed by atoms with Gasteiger partial charge in [-0.1, -0.05) is 92.7 Å². The maximum atomic E-state index is 6.79. The lowest BCUT2D eigenvalue weighted by Gasteiger charge is -2.34. The lowest BCUT2D eigenvalue weighted by molar-refractivity contribution is 0.00578. The zero-order chi connectivity index (χ0) is 33.4. The molecule has 1 fully saturated rings. The molecule has 0 aromatic heterocycles. The first kappa shape index (κ1) is 29.1. The molecule has 5 aromatic carbocycles. The van der Waals surface area contributed by atoms with Crippen LogP contribution < -0.4 is 15.9 Å². The molecule has 238 valence electrons. The molecule has 5 aromatic rings. The van der Waals surface area contributed by atoms with Crippen molar-refractivity contribution in [1.82, 2.24) is 4.57 Å².